The molecule has 160 valence electrons. The van der Waals surface area contributed by atoms with Gasteiger partial charge in [0.2, 0.25) is 5.91 Å². The number of carbonyl (C=O) groups is 3. The number of urea groups is 1. The molecule has 2 aliphatic rings. The molecule has 0 aliphatic carbocycles. The molecule has 8 nitrogen and oxygen atoms in total. The molecule has 1 unspecified atom stereocenters. The normalized spacial score (nSPS) is 17.7. The number of rotatable bonds is 6. The number of hydrogen-bond donors (Lipinski definition) is 2. The molecule has 0 saturated carbocycles. The minimum atomic E-state index is -0.673. The Morgan fingerprint density at radius 2 is 1.97 bits per heavy atom. The maximum atomic E-state index is 12.8. The molecule has 2 heterocycles. The van der Waals surface area contributed by atoms with E-state index in [0.717, 1.165) is 0 Å². The molecular formula is C22H20ClN3O5. The molecule has 0 spiro atoms. The minimum Gasteiger partial charge on any atom is -0.492 e. The first kappa shape index (κ1) is 20.7. The number of nitrogens with zero attached hydrogens (tertiary/aromatic N) is 1. The van der Waals surface area contributed by atoms with E-state index in [4.69, 9.17) is 21.1 Å². The summed E-state index contributed by atoms with van der Waals surface area (Å²) in [7, 11) is 0. The molecule has 0 bridgehead atoms. The second-order valence-electron chi connectivity index (χ2n) is 6.93. The zero-order valence-corrected chi connectivity index (χ0v) is 17.4. The Bertz CT molecular complexity index is 1070. The monoisotopic (exact) mass is 441 g/mol. The Morgan fingerprint density at radius 3 is 2.71 bits per heavy atom. The van der Waals surface area contributed by atoms with Gasteiger partial charge in [0, 0.05) is 5.02 Å². The Hall–Kier alpha value is -3.52. The zero-order chi connectivity index (χ0) is 22.0. The third-order valence-corrected chi connectivity index (χ3v) is 5.22. The van der Waals surface area contributed by atoms with Crippen molar-refractivity contribution in [2.45, 2.75) is 13.0 Å². The SMILES string of the molecule is CCOc1ccccc1NC(=O)CN1C(=O)NC(c2ccc(Cl)cc2)C2=C1COC2=O. The zero-order valence-electron chi connectivity index (χ0n) is 16.7. The van der Waals surface area contributed by atoms with Gasteiger partial charge < -0.3 is 20.1 Å². The van der Waals surface area contributed by atoms with Crippen LogP contribution in [0.25, 0.3) is 0 Å². The van der Waals surface area contributed by atoms with Crippen LogP contribution in [0, 0.1) is 0 Å². The number of nitrogens with one attached hydrogen (secondary N) is 2. The first-order valence-corrected chi connectivity index (χ1v) is 10.1. The molecule has 2 aliphatic heterocycles. The van der Waals surface area contributed by atoms with Gasteiger partial charge in [-0.3, -0.25) is 9.69 Å². The van der Waals surface area contributed by atoms with Crippen LogP contribution in [0.3, 0.4) is 0 Å². The highest BCUT2D eigenvalue weighted by Gasteiger charge is 2.42. The lowest BCUT2D eigenvalue weighted by atomic mass is 9.96. The van der Waals surface area contributed by atoms with Crippen LogP contribution in [0.2, 0.25) is 5.02 Å². The van der Waals surface area contributed by atoms with Crippen LogP contribution >= 0.6 is 11.6 Å². The number of ether oxygens (including phenoxy) is 2. The van der Waals surface area contributed by atoms with E-state index in [1.807, 2.05) is 6.92 Å². The first-order valence-electron chi connectivity index (χ1n) is 9.73. The average molecular weight is 442 g/mol. The van der Waals surface area contributed by atoms with Gasteiger partial charge in [-0.2, -0.15) is 0 Å². The number of carbonyl (C=O) groups excluding carboxylic acids is 3. The van der Waals surface area contributed by atoms with E-state index >= 15 is 0 Å². The number of halogens is 1. The summed E-state index contributed by atoms with van der Waals surface area (Å²) < 4.78 is 10.7. The third kappa shape index (κ3) is 4.20. The van der Waals surface area contributed by atoms with Crippen molar-refractivity contribution in [1.29, 1.82) is 0 Å². The highest BCUT2D eigenvalue weighted by atomic mass is 35.5. The maximum Gasteiger partial charge on any atom is 0.338 e. The summed E-state index contributed by atoms with van der Waals surface area (Å²) in [6.45, 7) is 1.94. The van der Waals surface area contributed by atoms with Gasteiger partial charge in [-0.05, 0) is 36.8 Å². The lowest BCUT2D eigenvalue weighted by Gasteiger charge is -2.32. The summed E-state index contributed by atoms with van der Waals surface area (Å²) >= 11 is 5.94. The summed E-state index contributed by atoms with van der Waals surface area (Å²) in [4.78, 5) is 39.2. The van der Waals surface area contributed by atoms with Gasteiger partial charge in [0.25, 0.3) is 0 Å². The molecule has 0 radical (unpaired) electrons. The summed E-state index contributed by atoms with van der Waals surface area (Å²) in [6, 6.07) is 12.7. The smallest absolute Gasteiger partial charge is 0.338 e. The standard InChI is InChI=1S/C22H20ClN3O5/c1-2-30-17-6-4-3-5-15(17)24-18(27)11-26-16-12-31-21(28)19(16)20(25-22(26)29)13-7-9-14(23)10-8-13/h3-10,20H,2,11-12H2,1H3,(H,24,27)(H,25,29). The van der Waals surface area contributed by atoms with E-state index < -0.39 is 23.9 Å². The lowest BCUT2D eigenvalue weighted by molar-refractivity contribution is -0.136. The fraction of sp³-hybridized carbons (Fsp3) is 0.227. The second kappa shape index (κ2) is 8.69. The Morgan fingerprint density at radius 1 is 1.23 bits per heavy atom. The highest BCUT2D eigenvalue weighted by Crippen LogP contribution is 2.35. The predicted molar refractivity (Wildman–Crippen MR) is 114 cm³/mol. The van der Waals surface area contributed by atoms with Crippen molar-refractivity contribution < 1.29 is 23.9 Å². The number of para-hydroxylation sites is 2. The lowest BCUT2D eigenvalue weighted by Crippen LogP contribution is -2.49. The molecule has 4 rings (SSSR count). The maximum absolute atomic E-state index is 12.8. The first-order chi connectivity index (χ1) is 15.0. The van der Waals surface area contributed by atoms with Crippen molar-refractivity contribution in [3.05, 3.63) is 70.4 Å². The molecular weight excluding hydrogens is 422 g/mol. The summed E-state index contributed by atoms with van der Waals surface area (Å²) in [5.41, 5.74) is 1.88. The van der Waals surface area contributed by atoms with E-state index in [2.05, 4.69) is 10.6 Å². The van der Waals surface area contributed by atoms with E-state index in [9.17, 15) is 14.4 Å². The fourth-order valence-corrected chi connectivity index (χ4v) is 3.69. The second-order valence-corrected chi connectivity index (χ2v) is 7.37. The van der Waals surface area contributed by atoms with Crippen LogP contribution in [0.4, 0.5) is 10.5 Å². The van der Waals surface area contributed by atoms with Crippen LogP contribution in [-0.4, -0.2) is 42.6 Å². The van der Waals surface area contributed by atoms with Crippen molar-refractivity contribution >= 4 is 35.2 Å². The Balaban J connectivity index is 1.57. The molecule has 0 fully saturated rings. The van der Waals surface area contributed by atoms with Gasteiger partial charge >= 0.3 is 12.0 Å². The van der Waals surface area contributed by atoms with Gasteiger partial charge in [-0.15, -0.1) is 0 Å². The molecule has 9 heteroatoms. The van der Waals surface area contributed by atoms with Crippen LogP contribution < -0.4 is 15.4 Å². The Labute approximate surface area is 183 Å². The van der Waals surface area contributed by atoms with Crippen LogP contribution in [-0.2, 0) is 14.3 Å². The molecule has 31 heavy (non-hydrogen) atoms. The van der Waals surface area contributed by atoms with E-state index in [-0.39, 0.29) is 13.2 Å². The largest absolute Gasteiger partial charge is 0.492 e. The summed E-state index contributed by atoms with van der Waals surface area (Å²) in [5, 5.41) is 6.08. The number of hydrogen-bond acceptors (Lipinski definition) is 5. The van der Waals surface area contributed by atoms with Gasteiger partial charge in [-0.1, -0.05) is 35.9 Å². The van der Waals surface area contributed by atoms with Crippen molar-refractivity contribution in [3.8, 4) is 5.75 Å². The molecule has 2 aromatic rings. The molecule has 1 atom stereocenters. The van der Waals surface area contributed by atoms with Gasteiger partial charge in [0.15, 0.2) is 0 Å². The van der Waals surface area contributed by atoms with Crippen LogP contribution in [0.1, 0.15) is 18.5 Å². The molecule has 2 N–H and O–H groups in total. The quantitative estimate of drug-likeness (QED) is 0.671. The number of benzene rings is 2. The highest BCUT2D eigenvalue weighted by molar-refractivity contribution is 6.30. The van der Waals surface area contributed by atoms with E-state index in [0.29, 0.717) is 39.9 Å². The topological polar surface area (TPSA) is 97.0 Å². The van der Waals surface area contributed by atoms with Crippen LogP contribution in [0.5, 0.6) is 5.75 Å². The van der Waals surface area contributed by atoms with Crippen molar-refractivity contribution in [3.63, 3.8) is 0 Å². The molecule has 2 aromatic carbocycles. The molecule has 0 saturated heterocycles. The molecule has 0 aromatic heterocycles. The fourth-order valence-electron chi connectivity index (χ4n) is 3.57. The number of cyclic esters (lactones) is 1. The molecule has 3 amide bonds. The number of anilines is 1. The number of amides is 3. The van der Waals surface area contributed by atoms with Crippen molar-refractivity contribution in [2.24, 2.45) is 0 Å². The Kier molecular flexibility index (Phi) is 5.81. The van der Waals surface area contributed by atoms with Gasteiger partial charge in [0.05, 0.1) is 29.6 Å². The van der Waals surface area contributed by atoms with Crippen molar-refractivity contribution in [1.82, 2.24) is 10.2 Å². The summed E-state index contributed by atoms with van der Waals surface area (Å²) in [5.74, 6) is -0.427. The van der Waals surface area contributed by atoms with Crippen LogP contribution in [0.15, 0.2) is 59.8 Å². The van der Waals surface area contributed by atoms with Gasteiger partial charge in [0.1, 0.15) is 18.9 Å². The van der Waals surface area contributed by atoms with Crippen molar-refractivity contribution in [2.75, 3.05) is 25.1 Å². The number of esters is 1. The predicted octanol–water partition coefficient (Wildman–Crippen LogP) is 3.25. The van der Waals surface area contributed by atoms with E-state index in [1.54, 1.807) is 48.5 Å². The van der Waals surface area contributed by atoms with E-state index in [1.165, 1.54) is 4.90 Å². The minimum absolute atomic E-state index is 0.0749. The average Bonchev–Trinajstić information content (AvgIpc) is 3.14. The summed E-state index contributed by atoms with van der Waals surface area (Å²) in [6.07, 6.45) is 0. The van der Waals surface area contributed by atoms with Gasteiger partial charge in [-0.25, -0.2) is 9.59 Å². The third-order valence-electron chi connectivity index (χ3n) is 4.96.